The number of fused-ring (bicyclic) bond motifs is 1. The van der Waals surface area contributed by atoms with Crippen LogP contribution in [-0.4, -0.2) is 11.5 Å². The molecule has 1 heterocycles. The van der Waals surface area contributed by atoms with Crippen molar-refractivity contribution in [2.75, 3.05) is 6.61 Å². The van der Waals surface area contributed by atoms with Crippen LogP contribution in [0.15, 0.2) is 12.1 Å². The lowest BCUT2D eigenvalue weighted by Crippen LogP contribution is -2.11. The van der Waals surface area contributed by atoms with E-state index in [0.29, 0.717) is 11.3 Å². The number of ether oxygens (including phenoxy) is 1. The Bertz CT molecular complexity index is 408. The lowest BCUT2D eigenvalue weighted by Gasteiger charge is -2.00. The number of rotatable bonds is 1. The third-order valence-corrected chi connectivity index (χ3v) is 2.09. The molecule has 0 saturated heterocycles. The molecule has 5 nitrogen and oxygen atoms in total. The molecule has 1 aromatic rings. The number of halogens is 1. The molecule has 1 aromatic carbocycles. The molecule has 1 atom stereocenters. The minimum atomic E-state index is -0.900. The monoisotopic (exact) mass is 198 g/mol. The van der Waals surface area contributed by atoms with E-state index in [1.54, 1.807) is 0 Å². The molecule has 2 rings (SSSR count). The summed E-state index contributed by atoms with van der Waals surface area (Å²) in [6.07, 6.45) is 0. The van der Waals surface area contributed by atoms with Gasteiger partial charge in [0, 0.05) is 17.7 Å². The second-order valence-corrected chi connectivity index (χ2v) is 3.02. The molecule has 0 saturated carbocycles. The molecule has 0 bridgehead atoms. The highest BCUT2D eigenvalue weighted by Crippen LogP contribution is 2.35. The van der Waals surface area contributed by atoms with Gasteiger partial charge in [-0.15, -0.1) is 0 Å². The zero-order valence-corrected chi connectivity index (χ0v) is 7.07. The van der Waals surface area contributed by atoms with Crippen LogP contribution in [0.1, 0.15) is 11.6 Å². The fraction of sp³-hybridized carbons (Fsp3) is 0.250. The Kier molecular flexibility index (Phi) is 1.85. The highest BCUT2D eigenvalue weighted by Gasteiger charge is 2.26. The van der Waals surface area contributed by atoms with Crippen LogP contribution in [0.4, 0.5) is 10.1 Å². The molecular weight excluding hydrogens is 191 g/mol. The van der Waals surface area contributed by atoms with Gasteiger partial charge in [0.25, 0.3) is 0 Å². The van der Waals surface area contributed by atoms with Gasteiger partial charge in [-0.2, -0.15) is 4.39 Å². The van der Waals surface area contributed by atoms with Crippen LogP contribution in [-0.2, 0) is 0 Å². The van der Waals surface area contributed by atoms with E-state index < -0.39 is 22.5 Å². The predicted molar refractivity (Wildman–Crippen MR) is 45.5 cm³/mol. The maximum atomic E-state index is 13.1. The average Bonchev–Trinajstić information content (AvgIpc) is 2.46. The number of nitrogens with two attached hydrogens (primary N) is 1. The minimum Gasteiger partial charge on any atom is -0.491 e. The molecule has 2 N–H and O–H groups in total. The third kappa shape index (κ3) is 1.20. The van der Waals surface area contributed by atoms with Crippen molar-refractivity contribution in [2.24, 2.45) is 5.73 Å². The molecule has 0 aromatic heterocycles. The SMILES string of the molecule is N[C@@H]1COc2cc(F)c([N+](=O)[O-])cc21. The molecule has 1 aliphatic heterocycles. The van der Waals surface area contributed by atoms with Crippen LogP contribution in [0.2, 0.25) is 0 Å². The fourth-order valence-corrected chi connectivity index (χ4v) is 1.38. The number of hydrogen-bond acceptors (Lipinski definition) is 4. The zero-order chi connectivity index (χ0) is 10.3. The smallest absolute Gasteiger partial charge is 0.305 e. The summed E-state index contributed by atoms with van der Waals surface area (Å²) in [6, 6.07) is 1.71. The zero-order valence-electron chi connectivity index (χ0n) is 7.07. The lowest BCUT2D eigenvalue weighted by molar-refractivity contribution is -0.387. The van der Waals surface area contributed by atoms with Gasteiger partial charge in [0.2, 0.25) is 5.82 Å². The Labute approximate surface area is 78.4 Å². The molecule has 14 heavy (non-hydrogen) atoms. The van der Waals surface area contributed by atoms with Crippen molar-refractivity contribution >= 4 is 5.69 Å². The second kappa shape index (κ2) is 2.91. The van der Waals surface area contributed by atoms with E-state index in [0.717, 1.165) is 12.1 Å². The van der Waals surface area contributed by atoms with Crippen molar-refractivity contribution in [3.05, 3.63) is 33.6 Å². The van der Waals surface area contributed by atoms with E-state index >= 15 is 0 Å². The van der Waals surface area contributed by atoms with Crippen molar-refractivity contribution in [2.45, 2.75) is 6.04 Å². The average molecular weight is 198 g/mol. The van der Waals surface area contributed by atoms with Gasteiger partial charge in [-0.1, -0.05) is 0 Å². The normalized spacial score (nSPS) is 18.9. The van der Waals surface area contributed by atoms with Crippen molar-refractivity contribution in [1.29, 1.82) is 0 Å². The largest absolute Gasteiger partial charge is 0.491 e. The maximum Gasteiger partial charge on any atom is 0.305 e. The first-order valence-corrected chi connectivity index (χ1v) is 3.96. The predicted octanol–water partition coefficient (Wildman–Crippen LogP) is 1.13. The molecule has 0 unspecified atom stereocenters. The Hall–Kier alpha value is -1.69. The summed E-state index contributed by atoms with van der Waals surface area (Å²) in [7, 11) is 0. The van der Waals surface area contributed by atoms with Crippen LogP contribution in [0.3, 0.4) is 0 Å². The summed E-state index contributed by atoms with van der Waals surface area (Å²) < 4.78 is 18.1. The van der Waals surface area contributed by atoms with E-state index in [1.807, 2.05) is 0 Å². The topological polar surface area (TPSA) is 78.4 Å². The molecule has 0 radical (unpaired) electrons. The number of benzene rings is 1. The molecule has 0 aliphatic carbocycles. The molecule has 0 fully saturated rings. The van der Waals surface area contributed by atoms with Crippen LogP contribution in [0, 0.1) is 15.9 Å². The van der Waals surface area contributed by atoms with Gasteiger partial charge in [0.15, 0.2) is 0 Å². The van der Waals surface area contributed by atoms with Crippen LogP contribution in [0.5, 0.6) is 5.75 Å². The first-order valence-electron chi connectivity index (χ1n) is 3.96. The Morgan fingerprint density at radius 1 is 1.64 bits per heavy atom. The van der Waals surface area contributed by atoms with Gasteiger partial charge < -0.3 is 10.5 Å². The molecule has 0 amide bonds. The minimum absolute atomic E-state index is 0.232. The van der Waals surface area contributed by atoms with Crippen molar-refractivity contribution in [1.82, 2.24) is 0 Å². The molecule has 6 heteroatoms. The second-order valence-electron chi connectivity index (χ2n) is 3.02. The van der Waals surface area contributed by atoms with E-state index in [4.69, 9.17) is 10.5 Å². The quantitative estimate of drug-likeness (QED) is 0.541. The lowest BCUT2D eigenvalue weighted by atomic mass is 10.1. The maximum absolute atomic E-state index is 13.1. The summed E-state index contributed by atoms with van der Waals surface area (Å²) in [6.45, 7) is 0.232. The number of nitrogens with zero attached hydrogens (tertiary/aromatic N) is 1. The van der Waals surface area contributed by atoms with Gasteiger partial charge in [-0.25, -0.2) is 0 Å². The van der Waals surface area contributed by atoms with Gasteiger partial charge in [-0.3, -0.25) is 10.1 Å². The van der Waals surface area contributed by atoms with E-state index in [9.17, 15) is 14.5 Å². The van der Waals surface area contributed by atoms with E-state index in [1.165, 1.54) is 0 Å². The summed E-state index contributed by atoms with van der Waals surface area (Å²) in [4.78, 5) is 9.64. The van der Waals surface area contributed by atoms with Gasteiger partial charge in [0.1, 0.15) is 12.4 Å². The number of hydrogen-bond donors (Lipinski definition) is 1. The Balaban J connectivity index is 2.57. The Morgan fingerprint density at radius 2 is 2.36 bits per heavy atom. The molecular formula is C8H7FN2O3. The standard InChI is InChI=1S/C8H7FN2O3/c9-5-2-8-4(6(10)3-14-8)1-7(5)11(12)13/h1-2,6H,3,10H2/t6-/m1/s1. The van der Waals surface area contributed by atoms with Crippen LogP contribution in [0.25, 0.3) is 0 Å². The van der Waals surface area contributed by atoms with Crippen LogP contribution >= 0.6 is 0 Å². The van der Waals surface area contributed by atoms with Gasteiger partial charge in [0.05, 0.1) is 11.0 Å². The highest BCUT2D eigenvalue weighted by atomic mass is 19.1. The molecule has 1 aliphatic rings. The van der Waals surface area contributed by atoms with E-state index in [2.05, 4.69) is 0 Å². The van der Waals surface area contributed by atoms with Gasteiger partial charge in [-0.05, 0) is 0 Å². The molecule has 74 valence electrons. The van der Waals surface area contributed by atoms with Gasteiger partial charge >= 0.3 is 5.69 Å². The highest BCUT2D eigenvalue weighted by molar-refractivity contribution is 5.48. The summed E-state index contributed by atoms with van der Waals surface area (Å²) >= 11 is 0. The van der Waals surface area contributed by atoms with Crippen molar-refractivity contribution in [3.8, 4) is 5.75 Å². The summed E-state index contributed by atoms with van der Waals surface area (Å²) in [5, 5.41) is 10.4. The van der Waals surface area contributed by atoms with Crippen molar-refractivity contribution < 1.29 is 14.1 Å². The summed E-state index contributed by atoms with van der Waals surface area (Å²) in [5.41, 5.74) is 5.51. The molecule has 0 spiro atoms. The number of nitro groups is 1. The van der Waals surface area contributed by atoms with Crippen LogP contribution < -0.4 is 10.5 Å². The first kappa shape index (κ1) is 8.89. The summed E-state index contributed by atoms with van der Waals surface area (Å²) in [5.74, 6) is -0.608. The van der Waals surface area contributed by atoms with E-state index in [-0.39, 0.29) is 6.61 Å². The van der Waals surface area contributed by atoms with Crippen molar-refractivity contribution in [3.63, 3.8) is 0 Å². The number of nitro benzene ring substituents is 1. The Morgan fingerprint density at radius 3 is 3.00 bits per heavy atom. The third-order valence-electron chi connectivity index (χ3n) is 2.09. The fourth-order valence-electron chi connectivity index (χ4n) is 1.38. The first-order chi connectivity index (χ1) is 6.59.